The van der Waals surface area contributed by atoms with Crippen molar-refractivity contribution in [1.82, 2.24) is 4.90 Å². The van der Waals surface area contributed by atoms with Crippen LogP contribution in [0.25, 0.3) is 0 Å². The molecule has 0 spiro atoms. The molecule has 2 aromatic carbocycles. The molecule has 0 aliphatic carbocycles. The fraction of sp³-hybridized carbons (Fsp3) is 0.368. The summed E-state index contributed by atoms with van der Waals surface area (Å²) >= 11 is 0. The number of rotatable bonds is 6. The van der Waals surface area contributed by atoms with E-state index in [0.29, 0.717) is 24.4 Å². The predicted molar refractivity (Wildman–Crippen MR) is 88.4 cm³/mol. The van der Waals surface area contributed by atoms with Crippen molar-refractivity contribution in [3.8, 4) is 11.5 Å². The molecule has 0 N–H and O–H groups in total. The molecule has 0 saturated carbocycles. The topological polar surface area (TPSA) is 21.7 Å². The van der Waals surface area contributed by atoms with Gasteiger partial charge in [0.1, 0.15) is 22.9 Å². The average Bonchev–Trinajstić information content (AvgIpc) is 2.92. The first-order valence-electron chi connectivity index (χ1n) is 8.13. The van der Waals surface area contributed by atoms with Crippen molar-refractivity contribution >= 4 is 0 Å². The first kappa shape index (κ1) is 17.6. The molecule has 1 aliphatic heterocycles. The number of likely N-dealkylation sites (tertiary alicyclic amines) is 1. The van der Waals surface area contributed by atoms with Gasteiger partial charge >= 0.3 is 6.61 Å². The lowest BCUT2D eigenvalue weighted by molar-refractivity contribution is -0.0507. The van der Waals surface area contributed by atoms with Crippen LogP contribution in [0.3, 0.4) is 0 Å². The monoisotopic (exact) mass is 351 g/mol. The summed E-state index contributed by atoms with van der Waals surface area (Å²) in [6, 6.07) is 12.8. The number of halogens is 3. The van der Waals surface area contributed by atoms with Crippen molar-refractivity contribution in [2.45, 2.75) is 32.1 Å². The molecule has 1 saturated heterocycles. The Hall–Kier alpha value is -2.21. The van der Waals surface area contributed by atoms with E-state index in [1.165, 1.54) is 12.1 Å². The van der Waals surface area contributed by atoms with Crippen LogP contribution in [0.4, 0.5) is 13.2 Å². The molecule has 0 amide bonds. The van der Waals surface area contributed by atoms with E-state index in [2.05, 4.69) is 9.64 Å². The highest BCUT2D eigenvalue weighted by Crippen LogP contribution is 2.30. The Morgan fingerprint density at radius 1 is 1.12 bits per heavy atom. The number of para-hydroxylation sites is 1. The van der Waals surface area contributed by atoms with Crippen molar-refractivity contribution in [2.75, 3.05) is 13.1 Å². The van der Waals surface area contributed by atoms with Crippen LogP contribution in [-0.2, 0) is 6.54 Å². The third-order valence-electron chi connectivity index (χ3n) is 4.28. The quantitative estimate of drug-likeness (QED) is 0.766. The second-order valence-electron chi connectivity index (χ2n) is 6.45. The Bertz CT molecular complexity index is 708. The van der Waals surface area contributed by atoms with Crippen LogP contribution < -0.4 is 9.47 Å². The van der Waals surface area contributed by atoms with Crippen LogP contribution in [-0.4, -0.2) is 30.2 Å². The number of alkyl halides is 2. The van der Waals surface area contributed by atoms with Crippen LogP contribution in [0.15, 0.2) is 48.5 Å². The van der Waals surface area contributed by atoms with Gasteiger partial charge in [-0.15, -0.1) is 0 Å². The highest BCUT2D eigenvalue weighted by molar-refractivity contribution is 5.33. The van der Waals surface area contributed by atoms with Crippen LogP contribution in [0.1, 0.15) is 18.9 Å². The van der Waals surface area contributed by atoms with Gasteiger partial charge < -0.3 is 9.47 Å². The summed E-state index contributed by atoms with van der Waals surface area (Å²) in [7, 11) is 0. The normalized spacial score (nSPS) is 20.8. The summed E-state index contributed by atoms with van der Waals surface area (Å²) in [5.74, 6) is 0.513. The summed E-state index contributed by atoms with van der Waals surface area (Å²) in [6.45, 7) is 1.09. The van der Waals surface area contributed by atoms with Crippen LogP contribution in [0.2, 0.25) is 0 Å². The molecule has 6 heteroatoms. The van der Waals surface area contributed by atoms with Crippen molar-refractivity contribution in [3.05, 3.63) is 59.9 Å². The molecule has 134 valence electrons. The van der Waals surface area contributed by atoms with Gasteiger partial charge in [0.2, 0.25) is 0 Å². The molecular formula is C19H20F3NO2. The summed E-state index contributed by atoms with van der Waals surface area (Å²) in [4.78, 5) is 2.14. The molecule has 3 rings (SSSR count). The van der Waals surface area contributed by atoms with Gasteiger partial charge in [0.05, 0.1) is 0 Å². The SMILES string of the molecule is CC1(Oc2ccc(F)cc2)CCN(Cc2ccccc2OC(F)F)C1. The van der Waals surface area contributed by atoms with Crippen LogP contribution in [0, 0.1) is 5.82 Å². The van der Waals surface area contributed by atoms with Crippen LogP contribution in [0.5, 0.6) is 11.5 Å². The Balaban J connectivity index is 1.64. The molecule has 3 nitrogen and oxygen atoms in total. The Morgan fingerprint density at radius 3 is 2.56 bits per heavy atom. The van der Waals surface area contributed by atoms with Gasteiger partial charge in [-0.25, -0.2) is 4.39 Å². The van der Waals surface area contributed by atoms with Crippen molar-refractivity contribution < 1.29 is 22.6 Å². The maximum absolute atomic E-state index is 13.0. The first-order valence-corrected chi connectivity index (χ1v) is 8.13. The van der Waals surface area contributed by atoms with Gasteiger partial charge in [-0.05, 0) is 37.3 Å². The van der Waals surface area contributed by atoms with Crippen molar-refractivity contribution in [1.29, 1.82) is 0 Å². The van der Waals surface area contributed by atoms with E-state index in [4.69, 9.17) is 4.74 Å². The minimum Gasteiger partial charge on any atom is -0.486 e. The largest absolute Gasteiger partial charge is 0.486 e. The van der Waals surface area contributed by atoms with Crippen molar-refractivity contribution in [3.63, 3.8) is 0 Å². The number of benzene rings is 2. The summed E-state index contributed by atoms with van der Waals surface area (Å²) in [6.07, 6.45) is 0.794. The molecule has 2 aromatic rings. The number of hydrogen-bond acceptors (Lipinski definition) is 3. The van der Waals surface area contributed by atoms with Crippen LogP contribution >= 0.6 is 0 Å². The van der Waals surface area contributed by atoms with E-state index >= 15 is 0 Å². The van der Waals surface area contributed by atoms with E-state index in [0.717, 1.165) is 13.0 Å². The standard InChI is InChI=1S/C19H20F3NO2/c1-19(25-16-8-6-15(20)7-9-16)10-11-23(13-19)12-14-4-2-3-5-17(14)24-18(21)22/h2-9,18H,10-13H2,1H3. The second-order valence-corrected chi connectivity index (χ2v) is 6.45. The van der Waals surface area contributed by atoms with Crippen molar-refractivity contribution in [2.24, 2.45) is 0 Å². The van der Waals surface area contributed by atoms with Gasteiger partial charge in [-0.2, -0.15) is 8.78 Å². The molecule has 1 fully saturated rings. The van der Waals surface area contributed by atoms with Gasteiger partial charge in [0.25, 0.3) is 0 Å². The fourth-order valence-corrected chi connectivity index (χ4v) is 3.12. The average molecular weight is 351 g/mol. The lowest BCUT2D eigenvalue weighted by Crippen LogP contribution is -2.36. The smallest absolute Gasteiger partial charge is 0.387 e. The zero-order valence-electron chi connectivity index (χ0n) is 13.9. The minimum atomic E-state index is -2.84. The molecule has 1 atom stereocenters. The molecule has 0 radical (unpaired) electrons. The van der Waals surface area contributed by atoms with Gasteiger partial charge in [0, 0.05) is 31.6 Å². The van der Waals surface area contributed by atoms with Gasteiger partial charge in [0.15, 0.2) is 0 Å². The highest BCUT2D eigenvalue weighted by atomic mass is 19.3. The fourth-order valence-electron chi connectivity index (χ4n) is 3.12. The predicted octanol–water partition coefficient (Wildman–Crippen LogP) is 4.47. The summed E-state index contributed by atoms with van der Waals surface area (Å²) in [5, 5.41) is 0. The molecule has 1 heterocycles. The number of nitrogens with zero attached hydrogens (tertiary/aromatic N) is 1. The van der Waals surface area contributed by atoms with E-state index in [1.54, 1.807) is 36.4 Å². The molecule has 25 heavy (non-hydrogen) atoms. The lowest BCUT2D eigenvalue weighted by Gasteiger charge is -2.26. The summed E-state index contributed by atoms with van der Waals surface area (Å²) < 4.78 is 48.7. The zero-order valence-corrected chi connectivity index (χ0v) is 13.9. The molecular weight excluding hydrogens is 331 g/mol. The minimum absolute atomic E-state index is 0.200. The maximum atomic E-state index is 13.0. The molecule has 1 unspecified atom stereocenters. The molecule has 1 aliphatic rings. The number of hydrogen-bond donors (Lipinski definition) is 0. The third kappa shape index (κ3) is 4.66. The Labute approximate surface area is 145 Å². The van der Waals surface area contributed by atoms with Gasteiger partial charge in [-0.1, -0.05) is 18.2 Å². The zero-order chi connectivity index (χ0) is 17.9. The van der Waals surface area contributed by atoms with E-state index in [1.807, 2.05) is 6.92 Å². The van der Waals surface area contributed by atoms with Gasteiger partial charge in [-0.3, -0.25) is 4.90 Å². The summed E-state index contributed by atoms with van der Waals surface area (Å²) in [5.41, 5.74) is 0.310. The number of ether oxygens (including phenoxy) is 2. The van der Waals surface area contributed by atoms with E-state index in [9.17, 15) is 13.2 Å². The highest BCUT2D eigenvalue weighted by Gasteiger charge is 2.36. The lowest BCUT2D eigenvalue weighted by atomic mass is 10.1. The van der Waals surface area contributed by atoms with E-state index < -0.39 is 12.2 Å². The Kier molecular flexibility index (Phi) is 5.18. The second kappa shape index (κ2) is 7.35. The molecule has 0 aromatic heterocycles. The third-order valence-corrected chi connectivity index (χ3v) is 4.28. The molecule has 0 bridgehead atoms. The first-order chi connectivity index (χ1) is 11.9. The van der Waals surface area contributed by atoms with E-state index in [-0.39, 0.29) is 11.6 Å². The maximum Gasteiger partial charge on any atom is 0.387 e. The Morgan fingerprint density at radius 2 is 1.84 bits per heavy atom.